The van der Waals surface area contributed by atoms with Crippen LogP contribution in [0.1, 0.15) is 26.7 Å². The van der Waals surface area contributed by atoms with Crippen molar-refractivity contribution in [1.29, 1.82) is 0 Å². The second-order valence-electron chi connectivity index (χ2n) is 4.77. The summed E-state index contributed by atoms with van der Waals surface area (Å²) in [5.74, 6) is -0.0133. The first-order valence-corrected chi connectivity index (χ1v) is 5.75. The Balaban J connectivity index is 2.23. The van der Waals surface area contributed by atoms with E-state index in [1.54, 1.807) is 4.90 Å². The van der Waals surface area contributed by atoms with Gasteiger partial charge in [0.25, 0.3) is 0 Å². The van der Waals surface area contributed by atoms with Gasteiger partial charge in [-0.3, -0.25) is 9.59 Å². The fraction of sp³-hybridized carbons (Fsp3) is 0.818. The van der Waals surface area contributed by atoms with E-state index in [1.807, 2.05) is 13.8 Å². The monoisotopic (exact) mass is 226 g/mol. The normalized spacial score (nSPS) is 25.1. The van der Waals surface area contributed by atoms with Crippen molar-refractivity contribution in [3.05, 3.63) is 0 Å². The predicted molar refractivity (Wildman–Crippen MR) is 57.8 cm³/mol. The molecule has 1 spiro atoms. The SMILES string of the molecule is CC(C)N1CC(=O)NC2(CCOCC2)C1=O. The van der Waals surface area contributed by atoms with Gasteiger partial charge >= 0.3 is 0 Å². The van der Waals surface area contributed by atoms with E-state index >= 15 is 0 Å². The minimum atomic E-state index is -0.697. The topological polar surface area (TPSA) is 58.6 Å². The lowest BCUT2D eigenvalue weighted by molar-refractivity contribution is -0.156. The maximum absolute atomic E-state index is 12.3. The van der Waals surface area contributed by atoms with Crippen LogP contribution >= 0.6 is 0 Å². The largest absolute Gasteiger partial charge is 0.381 e. The fourth-order valence-corrected chi connectivity index (χ4v) is 2.34. The lowest BCUT2D eigenvalue weighted by Crippen LogP contribution is -2.69. The molecule has 2 amide bonds. The van der Waals surface area contributed by atoms with E-state index in [-0.39, 0.29) is 24.4 Å². The van der Waals surface area contributed by atoms with Crippen molar-refractivity contribution in [3.8, 4) is 0 Å². The molecule has 2 saturated heterocycles. The summed E-state index contributed by atoms with van der Waals surface area (Å²) in [7, 11) is 0. The summed E-state index contributed by atoms with van der Waals surface area (Å²) in [4.78, 5) is 25.7. The van der Waals surface area contributed by atoms with Crippen LogP contribution in [0, 0.1) is 0 Å². The van der Waals surface area contributed by atoms with Gasteiger partial charge in [-0.15, -0.1) is 0 Å². The maximum Gasteiger partial charge on any atom is 0.249 e. The highest BCUT2D eigenvalue weighted by Crippen LogP contribution is 2.26. The van der Waals surface area contributed by atoms with Crippen LogP contribution in [-0.2, 0) is 14.3 Å². The van der Waals surface area contributed by atoms with Crippen molar-refractivity contribution in [2.24, 2.45) is 0 Å². The standard InChI is InChI=1S/C11H18N2O3/c1-8(2)13-7-9(14)12-11(10(13)15)3-5-16-6-4-11/h8H,3-7H2,1-2H3,(H,12,14). The van der Waals surface area contributed by atoms with Crippen molar-refractivity contribution < 1.29 is 14.3 Å². The first kappa shape index (κ1) is 11.4. The van der Waals surface area contributed by atoms with E-state index in [4.69, 9.17) is 4.74 Å². The number of rotatable bonds is 1. The molecule has 0 atom stereocenters. The number of hydrogen-bond donors (Lipinski definition) is 1. The molecule has 0 aliphatic carbocycles. The lowest BCUT2D eigenvalue weighted by Gasteiger charge is -2.45. The Kier molecular flexibility index (Phi) is 2.88. The van der Waals surface area contributed by atoms with Gasteiger partial charge in [-0.25, -0.2) is 0 Å². The number of carbonyl (C=O) groups excluding carboxylic acids is 2. The second-order valence-corrected chi connectivity index (χ2v) is 4.77. The molecule has 2 heterocycles. The van der Waals surface area contributed by atoms with Crippen molar-refractivity contribution in [1.82, 2.24) is 10.2 Å². The van der Waals surface area contributed by atoms with Crippen LogP contribution in [0.25, 0.3) is 0 Å². The fourth-order valence-electron chi connectivity index (χ4n) is 2.34. The highest BCUT2D eigenvalue weighted by molar-refractivity contribution is 5.98. The molecule has 0 radical (unpaired) electrons. The number of nitrogens with one attached hydrogen (secondary N) is 1. The summed E-state index contributed by atoms with van der Waals surface area (Å²) >= 11 is 0. The molecule has 5 nitrogen and oxygen atoms in total. The van der Waals surface area contributed by atoms with Gasteiger partial charge in [-0.1, -0.05) is 0 Å². The Morgan fingerprint density at radius 1 is 1.31 bits per heavy atom. The highest BCUT2D eigenvalue weighted by Gasteiger charge is 2.47. The number of amides is 2. The Bertz CT molecular complexity index is 308. The average Bonchev–Trinajstić information content (AvgIpc) is 2.24. The summed E-state index contributed by atoms with van der Waals surface area (Å²) in [6, 6.07) is 0.0678. The molecule has 0 unspecified atom stereocenters. The van der Waals surface area contributed by atoms with Gasteiger partial charge in [0.1, 0.15) is 5.54 Å². The van der Waals surface area contributed by atoms with E-state index in [1.165, 1.54) is 0 Å². The van der Waals surface area contributed by atoms with Crippen LogP contribution in [-0.4, -0.2) is 48.1 Å². The van der Waals surface area contributed by atoms with Crippen LogP contribution in [0.4, 0.5) is 0 Å². The average molecular weight is 226 g/mol. The highest BCUT2D eigenvalue weighted by atomic mass is 16.5. The number of hydrogen-bond acceptors (Lipinski definition) is 3. The number of piperazine rings is 1. The third-order valence-electron chi connectivity index (χ3n) is 3.33. The first-order chi connectivity index (χ1) is 7.55. The van der Waals surface area contributed by atoms with Crippen LogP contribution in [0.2, 0.25) is 0 Å². The molecule has 0 aromatic heterocycles. The van der Waals surface area contributed by atoms with Gasteiger partial charge in [0.15, 0.2) is 0 Å². The Hall–Kier alpha value is -1.10. The summed E-state index contributed by atoms with van der Waals surface area (Å²) in [5.41, 5.74) is -0.697. The molecular formula is C11H18N2O3. The zero-order valence-corrected chi connectivity index (χ0v) is 9.78. The van der Waals surface area contributed by atoms with Gasteiger partial charge in [0.2, 0.25) is 11.8 Å². The van der Waals surface area contributed by atoms with E-state index in [0.717, 1.165) is 0 Å². The summed E-state index contributed by atoms with van der Waals surface area (Å²) in [6.45, 7) is 5.13. The molecule has 0 aromatic rings. The van der Waals surface area contributed by atoms with Crippen LogP contribution in [0.3, 0.4) is 0 Å². The van der Waals surface area contributed by atoms with Gasteiger partial charge in [0, 0.05) is 32.1 Å². The summed E-state index contributed by atoms with van der Waals surface area (Å²) in [5, 5.41) is 2.86. The zero-order chi connectivity index (χ0) is 11.8. The van der Waals surface area contributed by atoms with Gasteiger partial charge in [-0.2, -0.15) is 0 Å². The van der Waals surface area contributed by atoms with Crippen LogP contribution < -0.4 is 5.32 Å². The third-order valence-corrected chi connectivity index (χ3v) is 3.33. The minimum Gasteiger partial charge on any atom is -0.381 e. The Morgan fingerprint density at radius 3 is 2.50 bits per heavy atom. The van der Waals surface area contributed by atoms with E-state index in [9.17, 15) is 9.59 Å². The molecule has 0 bridgehead atoms. The van der Waals surface area contributed by atoms with Crippen molar-refractivity contribution in [3.63, 3.8) is 0 Å². The molecule has 2 aliphatic heterocycles. The molecular weight excluding hydrogens is 208 g/mol. The number of nitrogens with zero attached hydrogens (tertiary/aromatic N) is 1. The molecule has 90 valence electrons. The first-order valence-electron chi connectivity index (χ1n) is 5.75. The van der Waals surface area contributed by atoms with Gasteiger partial charge in [0.05, 0.1) is 6.54 Å². The predicted octanol–water partition coefficient (Wildman–Crippen LogP) is -0.0976. The van der Waals surface area contributed by atoms with Gasteiger partial charge in [-0.05, 0) is 13.8 Å². The van der Waals surface area contributed by atoms with Crippen LogP contribution in [0.15, 0.2) is 0 Å². The van der Waals surface area contributed by atoms with Crippen LogP contribution in [0.5, 0.6) is 0 Å². The zero-order valence-electron chi connectivity index (χ0n) is 9.78. The molecule has 5 heteroatoms. The molecule has 1 N–H and O–H groups in total. The van der Waals surface area contributed by atoms with Gasteiger partial charge < -0.3 is 15.0 Å². The molecule has 2 aliphatic rings. The maximum atomic E-state index is 12.3. The van der Waals surface area contributed by atoms with E-state index in [2.05, 4.69) is 5.32 Å². The molecule has 16 heavy (non-hydrogen) atoms. The van der Waals surface area contributed by atoms with Crippen molar-refractivity contribution >= 4 is 11.8 Å². The number of carbonyl (C=O) groups is 2. The molecule has 2 rings (SSSR count). The Labute approximate surface area is 95.1 Å². The van der Waals surface area contributed by atoms with Crippen molar-refractivity contribution in [2.45, 2.75) is 38.3 Å². The summed E-state index contributed by atoms with van der Waals surface area (Å²) in [6.07, 6.45) is 1.17. The van der Waals surface area contributed by atoms with Crippen molar-refractivity contribution in [2.75, 3.05) is 19.8 Å². The minimum absolute atomic E-state index is 0.0467. The lowest BCUT2D eigenvalue weighted by atomic mass is 9.86. The smallest absolute Gasteiger partial charge is 0.249 e. The molecule has 0 saturated carbocycles. The second kappa shape index (κ2) is 4.05. The number of ether oxygens (including phenoxy) is 1. The molecule has 0 aromatic carbocycles. The Morgan fingerprint density at radius 2 is 1.94 bits per heavy atom. The third kappa shape index (κ3) is 1.80. The van der Waals surface area contributed by atoms with E-state index in [0.29, 0.717) is 26.1 Å². The van der Waals surface area contributed by atoms with E-state index < -0.39 is 5.54 Å². The quantitative estimate of drug-likeness (QED) is 0.679. The molecule has 2 fully saturated rings. The summed E-state index contributed by atoms with van der Waals surface area (Å²) < 4.78 is 5.25.